The van der Waals surface area contributed by atoms with Crippen LogP contribution in [-0.2, 0) is 17.5 Å². The number of aromatic amines is 1. The molecular weight excluding hydrogens is 361 g/mol. The zero-order valence-corrected chi connectivity index (χ0v) is 14.2. The summed E-state index contributed by atoms with van der Waals surface area (Å²) < 4.78 is 38.8. The number of nitrogens with one attached hydrogen (secondary N) is 2. The Morgan fingerprint density at radius 1 is 1.26 bits per heavy atom. The van der Waals surface area contributed by atoms with Crippen molar-refractivity contribution in [2.75, 3.05) is 0 Å². The van der Waals surface area contributed by atoms with Gasteiger partial charge >= 0.3 is 6.18 Å². The molecule has 1 amide bonds. The maximum Gasteiger partial charge on any atom is 0.417 e. The minimum atomic E-state index is -4.60. The number of carbonyl (C=O) groups is 1. The molecule has 2 aromatic heterocycles. The summed E-state index contributed by atoms with van der Waals surface area (Å²) in [6, 6.07) is 8.99. The summed E-state index contributed by atoms with van der Waals surface area (Å²) in [7, 11) is 0. The number of nitrogens with zero attached hydrogens (tertiary/aromatic N) is 2. The molecule has 1 aromatic carbocycles. The van der Waals surface area contributed by atoms with Crippen LogP contribution in [0.1, 0.15) is 16.8 Å². The molecule has 9 heteroatoms. The van der Waals surface area contributed by atoms with Gasteiger partial charge in [0.1, 0.15) is 6.54 Å². The molecule has 3 rings (SSSR count). The second-order valence-corrected chi connectivity index (χ2v) is 5.88. The van der Waals surface area contributed by atoms with Gasteiger partial charge in [0.25, 0.3) is 11.5 Å². The molecule has 0 fully saturated rings. The molecule has 0 saturated heterocycles. The fourth-order valence-corrected chi connectivity index (χ4v) is 2.65. The first-order valence-electron chi connectivity index (χ1n) is 7.92. The highest BCUT2D eigenvalue weighted by Crippen LogP contribution is 2.28. The van der Waals surface area contributed by atoms with E-state index in [4.69, 9.17) is 0 Å². The SMILES string of the molecule is Cc1[nH]c2ccccc2c1/C=N/NC(=O)Cn1cc(C(F)(F)F)ccc1=O. The van der Waals surface area contributed by atoms with Gasteiger partial charge in [-0.2, -0.15) is 18.3 Å². The van der Waals surface area contributed by atoms with Crippen molar-refractivity contribution >= 4 is 23.0 Å². The number of hydrogen-bond donors (Lipinski definition) is 2. The molecule has 140 valence electrons. The third kappa shape index (κ3) is 4.08. The molecule has 0 atom stereocenters. The van der Waals surface area contributed by atoms with Crippen LogP contribution in [0.4, 0.5) is 13.2 Å². The summed E-state index contributed by atoms with van der Waals surface area (Å²) in [5, 5.41) is 4.76. The number of fused-ring (bicyclic) bond motifs is 1. The van der Waals surface area contributed by atoms with E-state index in [2.05, 4.69) is 15.5 Å². The van der Waals surface area contributed by atoms with E-state index in [1.807, 2.05) is 31.2 Å². The monoisotopic (exact) mass is 376 g/mol. The lowest BCUT2D eigenvalue weighted by Gasteiger charge is -2.09. The van der Waals surface area contributed by atoms with E-state index in [9.17, 15) is 22.8 Å². The summed E-state index contributed by atoms with van der Waals surface area (Å²) >= 11 is 0. The molecular formula is C18H15F3N4O2. The molecule has 0 radical (unpaired) electrons. The Balaban J connectivity index is 1.72. The largest absolute Gasteiger partial charge is 0.417 e. The lowest BCUT2D eigenvalue weighted by atomic mass is 10.1. The first-order chi connectivity index (χ1) is 12.8. The van der Waals surface area contributed by atoms with Crippen molar-refractivity contribution in [1.29, 1.82) is 0 Å². The van der Waals surface area contributed by atoms with E-state index in [-0.39, 0.29) is 0 Å². The number of pyridine rings is 1. The first-order valence-corrected chi connectivity index (χ1v) is 7.92. The van der Waals surface area contributed by atoms with Gasteiger partial charge in [0.15, 0.2) is 0 Å². The Morgan fingerprint density at radius 3 is 2.74 bits per heavy atom. The van der Waals surface area contributed by atoms with E-state index in [1.165, 1.54) is 6.21 Å². The third-order valence-corrected chi connectivity index (χ3v) is 3.95. The summed E-state index contributed by atoms with van der Waals surface area (Å²) in [6.45, 7) is 1.28. The zero-order chi connectivity index (χ0) is 19.6. The number of benzene rings is 1. The normalized spacial score (nSPS) is 12.0. The number of carbonyl (C=O) groups excluding carboxylic acids is 1. The van der Waals surface area contributed by atoms with Gasteiger partial charge in [-0.1, -0.05) is 18.2 Å². The Labute approximate surface area is 151 Å². The van der Waals surface area contributed by atoms with Crippen LogP contribution in [0.3, 0.4) is 0 Å². The van der Waals surface area contributed by atoms with Crippen molar-refractivity contribution in [2.24, 2.45) is 5.10 Å². The highest BCUT2D eigenvalue weighted by molar-refractivity contribution is 6.00. The lowest BCUT2D eigenvalue weighted by molar-refractivity contribution is -0.138. The molecule has 0 aliphatic rings. The van der Waals surface area contributed by atoms with Gasteiger partial charge < -0.3 is 9.55 Å². The number of aryl methyl sites for hydroxylation is 1. The van der Waals surface area contributed by atoms with E-state index >= 15 is 0 Å². The first kappa shape index (κ1) is 18.4. The minimum absolute atomic E-state index is 0.576. The number of hydrogen-bond acceptors (Lipinski definition) is 3. The molecule has 0 unspecified atom stereocenters. The van der Waals surface area contributed by atoms with E-state index in [0.29, 0.717) is 16.8 Å². The average Bonchev–Trinajstić information content (AvgIpc) is 2.91. The van der Waals surface area contributed by atoms with Crippen LogP contribution in [0, 0.1) is 6.92 Å². The fraction of sp³-hybridized carbons (Fsp3) is 0.167. The van der Waals surface area contributed by atoms with Crippen LogP contribution >= 0.6 is 0 Å². The third-order valence-electron chi connectivity index (χ3n) is 3.95. The second kappa shape index (κ2) is 7.10. The van der Waals surface area contributed by atoms with Gasteiger partial charge in [0.2, 0.25) is 0 Å². The van der Waals surface area contributed by atoms with Crippen LogP contribution in [0.2, 0.25) is 0 Å². The predicted octanol–water partition coefficient (Wildman–Crippen LogP) is 2.81. The van der Waals surface area contributed by atoms with Crippen LogP contribution in [0.25, 0.3) is 10.9 Å². The maximum atomic E-state index is 12.7. The van der Waals surface area contributed by atoms with Crippen molar-refractivity contribution < 1.29 is 18.0 Å². The summed E-state index contributed by atoms with van der Waals surface area (Å²) in [6.07, 6.45) is -2.55. The van der Waals surface area contributed by atoms with Gasteiger partial charge in [0, 0.05) is 34.4 Å². The number of amides is 1. The van der Waals surface area contributed by atoms with Gasteiger partial charge in [-0.05, 0) is 19.1 Å². The molecule has 0 saturated carbocycles. The van der Waals surface area contributed by atoms with Crippen LogP contribution < -0.4 is 11.0 Å². The summed E-state index contributed by atoms with van der Waals surface area (Å²) in [5.74, 6) is -0.717. The summed E-state index contributed by atoms with van der Waals surface area (Å²) in [5.41, 5.74) is 3.05. The Hall–Kier alpha value is -3.36. The molecule has 0 spiro atoms. The zero-order valence-electron chi connectivity index (χ0n) is 14.2. The Kier molecular flexibility index (Phi) is 4.85. The van der Waals surface area contributed by atoms with E-state index in [1.54, 1.807) is 0 Å². The highest BCUT2D eigenvalue weighted by Gasteiger charge is 2.31. The van der Waals surface area contributed by atoms with Crippen LogP contribution in [0.5, 0.6) is 0 Å². The molecule has 0 bridgehead atoms. The number of para-hydroxylation sites is 1. The highest BCUT2D eigenvalue weighted by atomic mass is 19.4. The molecule has 6 nitrogen and oxygen atoms in total. The molecule has 3 aromatic rings. The Bertz CT molecular complexity index is 1080. The molecule has 27 heavy (non-hydrogen) atoms. The lowest BCUT2D eigenvalue weighted by Crippen LogP contribution is -2.30. The number of rotatable bonds is 4. The minimum Gasteiger partial charge on any atom is -0.358 e. The number of aromatic nitrogens is 2. The van der Waals surface area contributed by atoms with Crippen molar-refractivity contribution in [3.05, 3.63) is 69.8 Å². The van der Waals surface area contributed by atoms with Crippen LogP contribution in [-0.4, -0.2) is 21.7 Å². The average molecular weight is 376 g/mol. The van der Waals surface area contributed by atoms with E-state index < -0.39 is 29.8 Å². The second-order valence-electron chi connectivity index (χ2n) is 5.88. The van der Waals surface area contributed by atoms with Crippen molar-refractivity contribution in [3.63, 3.8) is 0 Å². The molecule has 0 aliphatic carbocycles. The fourth-order valence-electron chi connectivity index (χ4n) is 2.65. The smallest absolute Gasteiger partial charge is 0.358 e. The maximum absolute atomic E-state index is 12.7. The van der Waals surface area contributed by atoms with E-state index in [0.717, 1.165) is 28.2 Å². The van der Waals surface area contributed by atoms with Gasteiger partial charge in [-0.15, -0.1) is 0 Å². The Morgan fingerprint density at radius 2 is 2.00 bits per heavy atom. The van der Waals surface area contributed by atoms with Crippen molar-refractivity contribution in [3.8, 4) is 0 Å². The standard InChI is InChI=1S/C18H15F3N4O2/c1-11-14(13-4-2-3-5-15(13)23-11)8-22-24-16(26)10-25-9-12(18(19,20)21)6-7-17(25)27/h2-9,23H,10H2,1H3,(H,24,26)/b22-8+. The number of H-pyrrole nitrogens is 1. The van der Waals surface area contributed by atoms with Crippen LogP contribution in [0.15, 0.2) is 52.5 Å². The van der Waals surface area contributed by atoms with Crippen molar-refractivity contribution in [2.45, 2.75) is 19.6 Å². The topological polar surface area (TPSA) is 79.2 Å². The number of hydrazone groups is 1. The quantitative estimate of drug-likeness (QED) is 0.543. The number of halogens is 3. The molecule has 0 aliphatic heterocycles. The van der Waals surface area contributed by atoms with Crippen molar-refractivity contribution in [1.82, 2.24) is 15.0 Å². The number of alkyl halides is 3. The summed E-state index contributed by atoms with van der Waals surface area (Å²) in [4.78, 5) is 26.8. The molecule has 2 heterocycles. The molecule has 2 N–H and O–H groups in total. The van der Waals surface area contributed by atoms with Gasteiger partial charge in [0.05, 0.1) is 11.8 Å². The van der Waals surface area contributed by atoms with Gasteiger partial charge in [-0.3, -0.25) is 9.59 Å². The van der Waals surface area contributed by atoms with Gasteiger partial charge in [-0.25, -0.2) is 5.43 Å². The predicted molar refractivity (Wildman–Crippen MR) is 94.5 cm³/mol.